The summed E-state index contributed by atoms with van der Waals surface area (Å²) in [4.78, 5) is 29.2. The first-order valence-electron chi connectivity index (χ1n) is 12.8. The monoisotopic (exact) mass is 497 g/mol. The van der Waals surface area contributed by atoms with Gasteiger partial charge in [0.05, 0.1) is 30.7 Å². The fourth-order valence-corrected chi connectivity index (χ4v) is 4.94. The molecule has 4 aromatic rings. The molecule has 0 aliphatic carbocycles. The van der Waals surface area contributed by atoms with Gasteiger partial charge in [0.1, 0.15) is 5.58 Å². The molecule has 3 aromatic carbocycles. The Morgan fingerprint density at radius 3 is 2.49 bits per heavy atom. The maximum Gasteiger partial charge on any atom is 0.295 e. The summed E-state index contributed by atoms with van der Waals surface area (Å²) in [5.41, 5.74) is 2.90. The van der Waals surface area contributed by atoms with E-state index >= 15 is 0 Å². The van der Waals surface area contributed by atoms with Crippen LogP contribution in [0.25, 0.3) is 11.0 Å². The number of nitrogens with zero attached hydrogens (tertiary/aromatic N) is 1. The first-order chi connectivity index (χ1) is 18.0. The Labute approximate surface area is 216 Å². The topological polar surface area (TPSA) is 69.0 Å². The average Bonchev–Trinajstić information content (AvgIpc) is 3.22. The van der Waals surface area contributed by atoms with Crippen molar-refractivity contribution in [2.45, 2.75) is 45.6 Å². The van der Waals surface area contributed by atoms with E-state index in [1.165, 1.54) is 12.8 Å². The fraction of sp³-hybridized carbons (Fsp3) is 0.290. The van der Waals surface area contributed by atoms with Crippen LogP contribution in [0.1, 0.15) is 65.9 Å². The van der Waals surface area contributed by atoms with Gasteiger partial charge in [0.25, 0.3) is 5.91 Å². The lowest BCUT2D eigenvalue weighted by atomic mass is 9.97. The van der Waals surface area contributed by atoms with Gasteiger partial charge in [-0.15, -0.1) is 0 Å². The second-order valence-electron chi connectivity index (χ2n) is 9.41. The zero-order valence-electron chi connectivity index (χ0n) is 21.5. The van der Waals surface area contributed by atoms with Gasteiger partial charge in [-0.1, -0.05) is 62.1 Å². The second-order valence-corrected chi connectivity index (χ2v) is 9.41. The van der Waals surface area contributed by atoms with Gasteiger partial charge in [-0.2, -0.15) is 0 Å². The molecule has 5 rings (SSSR count). The molecule has 1 aliphatic rings. The van der Waals surface area contributed by atoms with E-state index in [0.717, 1.165) is 24.0 Å². The van der Waals surface area contributed by atoms with Crippen LogP contribution in [-0.4, -0.2) is 19.6 Å². The molecule has 1 aromatic heterocycles. The van der Waals surface area contributed by atoms with Crippen molar-refractivity contribution in [2.75, 3.05) is 18.6 Å². The van der Waals surface area contributed by atoms with Crippen LogP contribution in [0.2, 0.25) is 0 Å². The number of fused-ring (bicyclic) bond motifs is 2. The number of anilines is 1. The minimum Gasteiger partial charge on any atom is -0.493 e. The number of hydrogen-bond donors (Lipinski definition) is 0. The number of unbranched alkanes of at least 4 members (excludes halogenated alkanes) is 3. The molecule has 37 heavy (non-hydrogen) atoms. The molecule has 1 amide bonds. The molecular formula is C31H31NO5. The number of ether oxygens (including phenoxy) is 2. The van der Waals surface area contributed by atoms with Gasteiger partial charge >= 0.3 is 0 Å². The molecule has 2 heterocycles. The molecule has 0 N–H and O–H groups in total. The third-order valence-electron chi connectivity index (χ3n) is 6.82. The Bertz CT molecular complexity index is 1490. The van der Waals surface area contributed by atoms with Gasteiger partial charge in [-0.05, 0) is 55.3 Å². The van der Waals surface area contributed by atoms with E-state index in [2.05, 4.69) is 6.92 Å². The molecule has 1 atom stereocenters. The van der Waals surface area contributed by atoms with E-state index < -0.39 is 6.04 Å². The van der Waals surface area contributed by atoms with Crippen molar-refractivity contribution in [3.63, 3.8) is 0 Å². The number of para-hydroxylation sites is 1. The number of methoxy groups -OCH3 is 1. The van der Waals surface area contributed by atoms with Crippen LogP contribution in [0.5, 0.6) is 11.5 Å². The molecule has 190 valence electrons. The first kappa shape index (κ1) is 24.6. The van der Waals surface area contributed by atoms with Crippen molar-refractivity contribution in [3.05, 3.63) is 99.4 Å². The molecule has 0 radical (unpaired) electrons. The van der Waals surface area contributed by atoms with Crippen molar-refractivity contribution < 1.29 is 18.7 Å². The van der Waals surface area contributed by atoms with Gasteiger partial charge in [0.2, 0.25) is 5.76 Å². The Morgan fingerprint density at radius 2 is 1.73 bits per heavy atom. The zero-order valence-corrected chi connectivity index (χ0v) is 21.5. The average molecular weight is 498 g/mol. The molecule has 0 bridgehead atoms. The Balaban J connectivity index is 1.62. The molecule has 0 saturated heterocycles. The molecule has 0 spiro atoms. The van der Waals surface area contributed by atoms with Crippen molar-refractivity contribution in [1.82, 2.24) is 0 Å². The molecule has 6 heteroatoms. The van der Waals surface area contributed by atoms with E-state index in [1.54, 1.807) is 18.1 Å². The smallest absolute Gasteiger partial charge is 0.295 e. The number of rotatable bonds is 9. The van der Waals surface area contributed by atoms with E-state index in [1.807, 2.05) is 67.6 Å². The predicted octanol–water partition coefficient (Wildman–Crippen LogP) is 6.82. The van der Waals surface area contributed by atoms with Gasteiger partial charge in [0, 0.05) is 5.69 Å². The molecule has 1 unspecified atom stereocenters. The van der Waals surface area contributed by atoms with Crippen molar-refractivity contribution in [1.29, 1.82) is 0 Å². The Morgan fingerprint density at radius 1 is 0.919 bits per heavy atom. The highest BCUT2D eigenvalue weighted by atomic mass is 16.5. The predicted molar refractivity (Wildman–Crippen MR) is 145 cm³/mol. The minimum absolute atomic E-state index is 0.0745. The lowest BCUT2D eigenvalue weighted by molar-refractivity contribution is 0.0971. The van der Waals surface area contributed by atoms with Crippen LogP contribution in [0, 0.1) is 6.92 Å². The van der Waals surface area contributed by atoms with Crippen LogP contribution in [0.15, 0.2) is 75.9 Å². The quantitative estimate of drug-likeness (QED) is 0.237. The largest absolute Gasteiger partial charge is 0.493 e. The van der Waals surface area contributed by atoms with Crippen molar-refractivity contribution >= 4 is 22.6 Å². The standard InChI is InChI=1S/C31H31NO5/c1-4-5-6-10-17-36-25-16-14-21(19-26(25)35-3)28-27-29(33)23-18-20(2)13-15-24(23)37-30(27)31(34)32(28)22-11-8-7-9-12-22/h7-9,11-16,18-19,28H,4-6,10,17H2,1-3H3. The summed E-state index contributed by atoms with van der Waals surface area (Å²) in [6.45, 7) is 4.71. The highest BCUT2D eigenvalue weighted by molar-refractivity contribution is 6.10. The second kappa shape index (κ2) is 10.5. The number of benzene rings is 3. The van der Waals surface area contributed by atoms with Gasteiger partial charge in [0.15, 0.2) is 16.9 Å². The lowest BCUT2D eigenvalue weighted by Gasteiger charge is -2.26. The first-order valence-corrected chi connectivity index (χ1v) is 12.8. The highest BCUT2D eigenvalue weighted by Gasteiger charge is 2.43. The maximum absolute atomic E-state index is 13.8. The van der Waals surface area contributed by atoms with E-state index in [9.17, 15) is 9.59 Å². The summed E-state index contributed by atoms with van der Waals surface area (Å²) in [7, 11) is 1.59. The summed E-state index contributed by atoms with van der Waals surface area (Å²) in [6.07, 6.45) is 4.44. The summed E-state index contributed by atoms with van der Waals surface area (Å²) >= 11 is 0. The summed E-state index contributed by atoms with van der Waals surface area (Å²) in [5, 5.41) is 0.463. The van der Waals surface area contributed by atoms with Crippen LogP contribution < -0.4 is 19.8 Å². The lowest BCUT2D eigenvalue weighted by Crippen LogP contribution is -2.29. The Hall–Kier alpha value is -4.06. The number of aryl methyl sites for hydroxylation is 1. The highest BCUT2D eigenvalue weighted by Crippen LogP contribution is 2.43. The molecule has 6 nitrogen and oxygen atoms in total. The third kappa shape index (κ3) is 4.59. The Kier molecular flexibility index (Phi) is 6.99. The van der Waals surface area contributed by atoms with Crippen LogP contribution >= 0.6 is 0 Å². The van der Waals surface area contributed by atoms with E-state index in [-0.39, 0.29) is 17.1 Å². The van der Waals surface area contributed by atoms with E-state index in [0.29, 0.717) is 40.3 Å². The third-order valence-corrected chi connectivity index (χ3v) is 6.82. The number of amides is 1. The molecule has 0 fully saturated rings. The van der Waals surface area contributed by atoms with Crippen LogP contribution in [-0.2, 0) is 0 Å². The minimum atomic E-state index is -0.668. The van der Waals surface area contributed by atoms with Crippen molar-refractivity contribution in [2.24, 2.45) is 0 Å². The molecular weight excluding hydrogens is 466 g/mol. The number of carbonyl (C=O) groups excluding carboxylic acids is 1. The van der Waals surface area contributed by atoms with Crippen LogP contribution in [0.4, 0.5) is 5.69 Å². The van der Waals surface area contributed by atoms with Crippen LogP contribution in [0.3, 0.4) is 0 Å². The number of hydrogen-bond acceptors (Lipinski definition) is 5. The molecule has 1 aliphatic heterocycles. The van der Waals surface area contributed by atoms with Crippen molar-refractivity contribution in [3.8, 4) is 11.5 Å². The van der Waals surface area contributed by atoms with Gasteiger partial charge < -0.3 is 13.9 Å². The van der Waals surface area contributed by atoms with Gasteiger partial charge in [-0.3, -0.25) is 14.5 Å². The SMILES string of the molecule is CCCCCCOc1ccc(C2c3c(oc4ccc(C)cc4c3=O)C(=O)N2c2ccccc2)cc1OC. The summed E-state index contributed by atoms with van der Waals surface area (Å²) in [5.74, 6) is 0.925. The summed E-state index contributed by atoms with van der Waals surface area (Å²) in [6, 6.07) is 19.7. The molecule has 0 saturated carbocycles. The normalized spacial score (nSPS) is 14.7. The zero-order chi connectivity index (χ0) is 25.9. The van der Waals surface area contributed by atoms with E-state index in [4.69, 9.17) is 13.9 Å². The summed E-state index contributed by atoms with van der Waals surface area (Å²) < 4.78 is 17.7. The van der Waals surface area contributed by atoms with Gasteiger partial charge in [-0.25, -0.2) is 0 Å². The number of carbonyl (C=O) groups is 1. The maximum atomic E-state index is 13.8. The fourth-order valence-electron chi connectivity index (χ4n) is 4.94.